The molecular formula is C32H23NS. The fourth-order valence-corrected chi connectivity index (χ4v) is 5.42. The zero-order chi connectivity index (χ0) is 22.7. The molecule has 6 aromatic rings. The minimum absolute atomic E-state index is 1.14. The Balaban J connectivity index is 1.37. The Morgan fingerprint density at radius 1 is 0.412 bits per heavy atom. The van der Waals surface area contributed by atoms with Crippen LogP contribution >= 0.6 is 11.3 Å². The molecule has 0 N–H and O–H groups in total. The largest absolute Gasteiger partial charge is 0.311 e. The number of hydrogen-bond donors (Lipinski definition) is 0. The summed E-state index contributed by atoms with van der Waals surface area (Å²) in [4.78, 5) is 3.61. The lowest BCUT2D eigenvalue weighted by molar-refractivity contribution is 1.28. The molecule has 0 aliphatic heterocycles. The summed E-state index contributed by atoms with van der Waals surface area (Å²) < 4.78 is 1.32. The Hall–Kier alpha value is -4.14. The molecule has 0 radical (unpaired) electrons. The Morgan fingerprint density at radius 3 is 1.56 bits per heavy atom. The van der Waals surface area contributed by atoms with Gasteiger partial charge >= 0.3 is 0 Å². The summed E-state index contributed by atoms with van der Waals surface area (Å²) in [5.74, 6) is 0. The van der Waals surface area contributed by atoms with Crippen LogP contribution in [0.3, 0.4) is 0 Å². The number of nitrogens with zero attached hydrogens (tertiary/aromatic N) is 1. The van der Waals surface area contributed by atoms with Crippen molar-refractivity contribution in [1.29, 1.82) is 0 Å². The van der Waals surface area contributed by atoms with Gasteiger partial charge in [-0.05, 0) is 70.6 Å². The second-order valence-corrected chi connectivity index (χ2v) is 9.36. The number of fused-ring (bicyclic) bond motifs is 1. The minimum atomic E-state index is 1.14. The van der Waals surface area contributed by atoms with Gasteiger partial charge in [-0.1, -0.05) is 91.0 Å². The van der Waals surface area contributed by atoms with Crippen molar-refractivity contribution in [3.8, 4) is 21.6 Å². The molecule has 5 aromatic carbocycles. The van der Waals surface area contributed by atoms with E-state index in [1.165, 1.54) is 31.7 Å². The zero-order valence-electron chi connectivity index (χ0n) is 18.6. The third-order valence-corrected chi connectivity index (χ3v) is 7.25. The normalized spacial score (nSPS) is 10.9. The summed E-state index contributed by atoms with van der Waals surface area (Å²) in [6.07, 6.45) is 0. The molecule has 0 amide bonds. The monoisotopic (exact) mass is 453 g/mol. The van der Waals surface area contributed by atoms with Crippen LogP contribution in [0.5, 0.6) is 0 Å². The van der Waals surface area contributed by atoms with Crippen molar-refractivity contribution in [3.05, 3.63) is 140 Å². The Labute approximate surface area is 204 Å². The molecule has 1 aromatic heterocycles. The second-order valence-electron chi connectivity index (χ2n) is 8.28. The van der Waals surface area contributed by atoms with E-state index in [1.54, 1.807) is 0 Å². The lowest BCUT2D eigenvalue weighted by Crippen LogP contribution is -2.09. The first-order valence-corrected chi connectivity index (χ1v) is 12.3. The average Bonchev–Trinajstić information content (AvgIpc) is 3.35. The first-order chi connectivity index (χ1) is 16.8. The SMILES string of the molecule is c1ccc(-c2ccc(N(c3ccccc3)c3ccc(-c4cc5ccccc5s4)cc3)cc2)cc1. The molecule has 162 valence electrons. The highest BCUT2D eigenvalue weighted by Crippen LogP contribution is 2.38. The van der Waals surface area contributed by atoms with E-state index in [0.717, 1.165) is 17.1 Å². The van der Waals surface area contributed by atoms with Gasteiger partial charge in [-0.15, -0.1) is 11.3 Å². The maximum atomic E-state index is 2.31. The van der Waals surface area contributed by atoms with Crippen LogP contribution in [0.25, 0.3) is 31.7 Å². The lowest BCUT2D eigenvalue weighted by Gasteiger charge is -2.25. The average molecular weight is 454 g/mol. The van der Waals surface area contributed by atoms with Crippen LogP contribution in [0.15, 0.2) is 140 Å². The molecule has 1 heterocycles. The second kappa shape index (κ2) is 9.01. The van der Waals surface area contributed by atoms with Crippen molar-refractivity contribution in [2.45, 2.75) is 0 Å². The van der Waals surface area contributed by atoms with E-state index in [0.29, 0.717) is 0 Å². The molecule has 0 spiro atoms. The number of anilines is 3. The van der Waals surface area contributed by atoms with Gasteiger partial charge in [-0.3, -0.25) is 0 Å². The van der Waals surface area contributed by atoms with Crippen molar-refractivity contribution >= 4 is 38.5 Å². The molecule has 0 bridgehead atoms. The molecule has 2 heteroatoms. The number of thiophene rings is 1. The molecule has 0 aliphatic carbocycles. The van der Waals surface area contributed by atoms with Crippen LogP contribution in [-0.2, 0) is 0 Å². The third-order valence-electron chi connectivity index (χ3n) is 6.08. The van der Waals surface area contributed by atoms with Crippen LogP contribution in [0, 0.1) is 0 Å². The molecule has 1 nitrogen and oxygen atoms in total. The third kappa shape index (κ3) is 4.00. The van der Waals surface area contributed by atoms with Gasteiger partial charge < -0.3 is 4.90 Å². The van der Waals surface area contributed by atoms with Gasteiger partial charge in [-0.25, -0.2) is 0 Å². The van der Waals surface area contributed by atoms with Gasteiger partial charge in [0.25, 0.3) is 0 Å². The van der Waals surface area contributed by atoms with E-state index in [9.17, 15) is 0 Å². The first kappa shape index (κ1) is 20.5. The molecule has 0 unspecified atom stereocenters. The van der Waals surface area contributed by atoms with E-state index < -0.39 is 0 Å². The lowest BCUT2D eigenvalue weighted by atomic mass is 10.0. The predicted octanol–water partition coefficient (Wildman–Crippen LogP) is 9.71. The van der Waals surface area contributed by atoms with Crippen LogP contribution in [0.4, 0.5) is 17.1 Å². The van der Waals surface area contributed by atoms with Crippen LogP contribution < -0.4 is 4.90 Å². The Morgan fingerprint density at radius 2 is 0.912 bits per heavy atom. The van der Waals surface area contributed by atoms with Crippen molar-refractivity contribution < 1.29 is 0 Å². The van der Waals surface area contributed by atoms with Crippen molar-refractivity contribution in [2.75, 3.05) is 4.90 Å². The van der Waals surface area contributed by atoms with E-state index >= 15 is 0 Å². The number of para-hydroxylation sites is 1. The van der Waals surface area contributed by atoms with Gasteiger partial charge in [0.2, 0.25) is 0 Å². The topological polar surface area (TPSA) is 3.24 Å². The highest BCUT2D eigenvalue weighted by molar-refractivity contribution is 7.22. The first-order valence-electron chi connectivity index (χ1n) is 11.4. The summed E-state index contributed by atoms with van der Waals surface area (Å²) in [6, 6.07) is 49.6. The molecule has 0 fully saturated rings. The van der Waals surface area contributed by atoms with E-state index in [-0.39, 0.29) is 0 Å². The molecule has 0 saturated carbocycles. The standard InChI is InChI=1S/C32H23NS/c1-3-9-24(10-4-1)25-15-19-29(20-16-25)33(28-12-5-2-6-13-28)30-21-17-26(18-22-30)32-23-27-11-7-8-14-31(27)34-32/h1-23H. The number of benzene rings is 5. The zero-order valence-corrected chi connectivity index (χ0v) is 19.5. The minimum Gasteiger partial charge on any atom is -0.311 e. The highest BCUT2D eigenvalue weighted by Gasteiger charge is 2.13. The quantitative estimate of drug-likeness (QED) is 0.251. The smallest absolute Gasteiger partial charge is 0.0462 e. The predicted molar refractivity (Wildman–Crippen MR) is 147 cm³/mol. The van der Waals surface area contributed by atoms with E-state index in [4.69, 9.17) is 0 Å². The molecular weight excluding hydrogens is 430 g/mol. The summed E-state index contributed by atoms with van der Waals surface area (Å²) in [5.41, 5.74) is 7.12. The summed E-state index contributed by atoms with van der Waals surface area (Å²) in [7, 11) is 0. The molecule has 0 atom stereocenters. The Kier molecular flexibility index (Phi) is 5.42. The molecule has 0 aliphatic rings. The molecule has 0 saturated heterocycles. The molecule has 6 rings (SSSR count). The summed E-state index contributed by atoms with van der Waals surface area (Å²) >= 11 is 1.84. The highest BCUT2D eigenvalue weighted by atomic mass is 32.1. The number of hydrogen-bond acceptors (Lipinski definition) is 2. The van der Waals surface area contributed by atoms with Crippen molar-refractivity contribution in [1.82, 2.24) is 0 Å². The van der Waals surface area contributed by atoms with Gasteiger partial charge in [0.15, 0.2) is 0 Å². The van der Waals surface area contributed by atoms with E-state index in [1.807, 2.05) is 11.3 Å². The van der Waals surface area contributed by atoms with Gasteiger partial charge in [0.1, 0.15) is 0 Å². The van der Waals surface area contributed by atoms with E-state index in [2.05, 4.69) is 144 Å². The Bertz CT molecular complexity index is 1480. The van der Waals surface area contributed by atoms with Crippen LogP contribution in [0.2, 0.25) is 0 Å². The van der Waals surface area contributed by atoms with Gasteiger partial charge in [0.05, 0.1) is 0 Å². The van der Waals surface area contributed by atoms with Gasteiger partial charge in [0, 0.05) is 26.6 Å². The maximum Gasteiger partial charge on any atom is 0.0462 e. The van der Waals surface area contributed by atoms with Crippen LogP contribution in [-0.4, -0.2) is 0 Å². The summed E-state index contributed by atoms with van der Waals surface area (Å²) in [6.45, 7) is 0. The fourth-order valence-electron chi connectivity index (χ4n) is 4.36. The summed E-state index contributed by atoms with van der Waals surface area (Å²) in [5, 5.41) is 1.30. The molecule has 34 heavy (non-hydrogen) atoms. The maximum absolute atomic E-state index is 2.31. The fraction of sp³-hybridized carbons (Fsp3) is 0. The van der Waals surface area contributed by atoms with Crippen molar-refractivity contribution in [2.24, 2.45) is 0 Å². The van der Waals surface area contributed by atoms with Gasteiger partial charge in [-0.2, -0.15) is 0 Å². The van der Waals surface area contributed by atoms with Crippen molar-refractivity contribution in [3.63, 3.8) is 0 Å². The van der Waals surface area contributed by atoms with Crippen LogP contribution in [0.1, 0.15) is 0 Å². The number of rotatable bonds is 5.